The van der Waals surface area contributed by atoms with Crippen LogP contribution in [0.5, 0.6) is 0 Å². The molecule has 4 nitrogen and oxygen atoms in total. The predicted molar refractivity (Wildman–Crippen MR) is 130 cm³/mol. The zero-order valence-corrected chi connectivity index (χ0v) is 23.5. The van der Waals surface area contributed by atoms with Crippen molar-refractivity contribution in [2.75, 3.05) is 23.4 Å². The maximum absolute atomic E-state index is 7.50. The first-order valence-corrected chi connectivity index (χ1v) is 15.2. The number of nitrogens with zero attached hydrogens (tertiary/aromatic N) is 3. The molecular weight excluding hydrogens is 496 g/mol. The molecule has 1 aromatic heterocycles. The number of aromatic nitrogens is 1. The van der Waals surface area contributed by atoms with Crippen molar-refractivity contribution in [2.45, 2.75) is 78.0 Å². The third-order valence-electron chi connectivity index (χ3n) is 4.19. The summed E-state index contributed by atoms with van der Waals surface area (Å²) in [7, 11) is 3.97. The van der Waals surface area contributed by atoms with Crippen LogP contribution in [0.25, 0.3) is 0 Å². The Hall–Kier alpha value is 0.349. The molecule has 0 bridgehead atoms. The van der Waals surface area contributed by atoms with Crippen molar-refractivity contribution in [1.82, 2.24) is 4.98 Å². The van der Waals surface area contributed by atoms with Crippen molar-refractivity contribution in [3.63, 3.8) is 0 Å². The molecule has 0 atom stereocenters. The molecule has 1 aromatic rings. The predicted octanol–water partition coefficient (Wildman–Crippen LogP) is 6.92. The van der Waals surface area contributed by atoms with E-state index < -0.39 is 0 Å². The van der Waals surface area contributed by atoms with Gasteiger partial charge in [0.15, 0.2) is 0 Å². The summed E-state index contributed by atoms with van der Waals surface area (Å²) in [6.07, 6.45) is 0. The van der Waals surface area contributed by atoms with Gasteiger partial charge in [-0.15, -0.1) is 0 Å². The Morgan fingerprint density at radius 3 is 1.25 bits per heavy atom. The molecule has 164 valence electrons. The van der Waals surface area contributed by atoms with Gasteiger partial charge in [-0.25, -0.2) is 4.98 Å². The molecule has 0 amide bonds. The molecular formula is C20H38BrFeN3OP2. The Balaban J connectivity index is 0. The minimum absolute atomic E-state index is 0.230. The second-order valence-electron chi connectivity index (χ2n) is 7.54. The maximum atomic E-state index is 7.50. The zero-order chi connectivity index (χ0) is 22.6. The summed E-state index contributed by atoms with van der Waals surface area (Å²) < 4.78 is 12.4. The van der Waals surface area contributed by atoms with Gasteiger partial charge in [0.05, 0.1) is 0 Å². The van der Waals surface area contributed by atoms with Crippen LogP contribution in [0.4, 0.5) is 11.6 Å². The van der Waals surface area contributed by atoms with Gasteiger partial charge in [-0.1, -0.05) is 61.5 Å². The van der Waals surface area contributed by atoms with Crippen LogP contribution in [0.2, 0.25) is 0 Å². The van der Waals surface area contributed by atoms with E-state index in [0.717, 1.165) is 11.6 Å². The number of halogens is 1. The standard InChI is InChI=1S/C19H37N3P2.CO.BrH.Fe.H/c1-14(2)23(15(3)4)21(9)18-12-11-13-19(20-18)22(10)24(16(5)6)17(7)8;1-2;;;/h11-17H,1-10H3;;1H;;/q;;;+1;/p-1. The van der Waals surface area contributed by atoms with Crippen LogP contribution in [0.3, 0.4) is 0 Å². The molecule has 0 saturated heterocycles. The molecule has 0 radical (unpaired) electrons. The van der Waals surface area contributed by atoms with Gasteiger partial charge in [0.2, 0.25) is 0 Å². The van der Waals surface area contributed by atoms with Gasteiger partial charge < -0.3 is 9.34 Å². The van der Waals surface area contributed by atoms with Crippen LogP contribution < -0.4 is 9.34 Å². The Morgan fingerprint density at radius 1 is 0.786 bits per heavy atom. The van der Waals surface area contributed by atoms with Crippen LogP contribution in [0.15, 0.2) is 18.2 Å². The average molecular weight is 534 g/mol. The number of hydrogen-bond acceptors (Lipinski definition) is 3. The second-order valence-corrected chi connectivity index (χ2v) is 14.4. The van der Waals surface area contributed by atoms with E-state index in [9.17, 15) is 0 Å². The van der Waals surface area contributed by atoms with Gasteiger partial charge in [0.25, 0.3) is 0 Å². The van der Waals surface area contributed by atoms with Gasteiger partial charge >= 0.3 is 39.6 Å². The van der Waals surface area contributed by atoms with Crippen molar-refractivity contribution in [3.05, 3.63) is 24.8 Å². The first kappa shape index (κ1) is 30.5. The Labute approximate surface area is 191 Å². The second kappa shape index (κ2) is 16.1. The van der Waals surface area contributed by atoms with E-state index >= 15 is 0 Å². The Bertz CT molecular complexity index is 502. The van der Waals surface area contributed by atoms with E-state index in [4.69, 9.17) is 9.64 Å². The van der Waals surface area contributed by atoms with Gasteiger partial charge in [-0.2, -0.15) is 0 Å². The van der Waals surface area contributed by atoms with Crippen LogP contribution in [-0.4, -0.2) is 41.7 Å². The molecule has 0 aromatic carbocycles. The van der Waals surface area contributed by atoms with Crippen LogP contribution in [-0.2, 0) is 18.9 Å². The fourth-order valence-electron chi connectivity index (χ4n) is 3.59. The van der Waals surface area contributed by atoms with Crippen molar-refractivity contribution in [2.24, 2.45) is 0 Å². The normalized spacial score (nSPS) is 10.9. The van der Waals surface area contributed by atoms with Gasteiger partial charge in [0, 0.05) is 14.1 Å². The summed E-state index contributed by atoms with van der Waals surface area (Å²) >= 11 is 5.50. The molecule has 0 aliphatic carbocycles. The zero-order valence-electron chi connectivity index (χ0n) is 18.9. The first-order valence-electron chi connectivity index (χ1n) is 9.43. The summed E-state index contributed by atoms with van der Waals surface area (Å²) in [6, 6.07) is 6.47. The molecule has 1 rings (SSSR count). The van der Waals surface area contributed by atoms with E-state index in [1.54, 1.807) is 0 Å². The molecule has 0 N–H and O–H groups in total. The van der Waals surface area contributed by atoms with Crippen LogP contribution in [0, 0.1) is 6.65 Å². The van der Waals surface area contributed by atoms with E-state index in [-0.39, 0.29) is 16.1 Å². The monoisotopic (exact) mass is 533 g/mol. The van der Waals surface area contributed by atoms with E-state index in [1.807, 2.05) is 0 Å². The summed E-state index contributed by atoms with van der Waals surface area (Å²) in [5.41, 5.74) is 2.65. The van der Waals surface area contributed by atoms with Gasteiger partial charge in [0.1, 0.15) is 11.6 Å². The molecule has 0 aliphatic heterocycles. The number of pyridine rings is 1. The van der Waals surface area contributed by atoms with Crippen molar-refractivity contribution in [1.29, 1.82) is 0 Å². The summed E-state index contributed by atoms with van der Waals surface area (Å²) in [4.78, 5) is 5.03. The van der Waals surface area contributed by atoms with Crippen LogP contribution >= 0.6 is 30.3 Å². The SMILES string of the molecule is CC(C)P(C(C)C)N(C)c1cccc(N(C)P(C(C)C)C(C)C)n1.[C-]#[O+].[FeH][Br]. The third kappa shape index (κ3) is 9.44. The van der Waals surface area contributed by atoms with E-state index in [1.165, 1.54) is 0 Å². The fourth-order valence-corrected chi connectivity index (χ4v) is 9.44. The summed E-state index contributed by atoms with van der Waals surface area (Å²) in [5.74, 6) is 2.21. The van der Waals surface area contributed by atoms with E-state index in [0.29, 0.717) is 22.6 Å². The first-order chi connectivity index (χ1) is 13.1. The van der Waals surface area contributed by atoms with Crippen LogP contribution in [0.1, 0.15) is 55.4 Å². The quantitative estimate of drug-likeness (QED) is 0.157. The summed E-state index contributed by atoms with van der Waals surface area (Å²) in [5, 5.41) is 0. The molecule has 1 heterocycles. The molecule has 28 heavy (non-hydrogen) atoms. The topological polar surface area (TPSA) is 39.3 Å². The third-order valence-corrected chi connectivity index (χ3v) is 10.2. The van der Waals surface area contributed by atoms with E-state index in [2.05, 4.69) is 132 Å². The molecule has 8 heteroatoms. The fraction of sp³-hybridized carbons (Fsp3) is 0.700. The molecule has 0 fully saturated rings. The number of hydrogen-bond donors (Lipinski definition) is 0. The van der Waals surface area contributed by atoms with Crippen molar-refractivity contribution >= 4 is 41.9 Å². The Morgan fingerprint density at radius 2 is 1.04 bits per heavy atom. The summed E-state index contributed by atoms with van der Waals surface area (Å²) in [6.45, 7) is 23.1. The average Bonchev–Trinajstić information content (AvgIpc) is 2.64. The molecule has 0 saturated carbocycles. The number of rotatable bonds is 8. The number of anilines is 2. The van der Waals surface area contributed by atoms with Crippen molar-refractivity contribution in [3.8, 4) is 0 Å². The molecule has 0 spiro atoms. The molecule has 0 aliphatic rings. The Kier molecular flexibility index (Phi) is 17.6. The molecule has 0 unspecified atom stereocenters. The minimum atomic E-state index is -0.230. The van der Waals surface area contributed by atoms with Gasteiger partial charge in [-0.05, 0) is 50.9 Å². The van der Waals surface area contributed by atoms with Crippen molar-refractivity contribution < 1.29 is 18.9 Å². The van der Waals surface area contributed by atoms with Gasteiger partial charge in [-0.3, -0.25) is 0 Å².